The summed E-state index contributed by atoms with van der Waals surface area (Å²) in [5, 5.41) is 7.82. The van der Waals surface area contributed by atoms with E-state index in [4.69, 9.17) is 0 Å². The van der Waals surface area contributed by atoms with Gasteiger partial charge in [-0.25, -0.2) is 0 Å². The maximum Gasteiger partial charge on any atom is 0.191 e. The van der Waals surface area contributed by atoms with Gasteiger partial charge >= 0.3 is 0 Å². The summed E-state index contributed by atoms with van der Waals surface area (Å²) >= 11 is 2.10. The largest absolute Gasteiger partial charge is 0.354 e. The Hall–Kier alpha value is -1.10. The lowest BCUT2D eigenvalue weighted by atomic mass is 9.95. The van der Waals surface area contributed by atoms with E-state index in [-0.39, 0.29) is 0 Å². The third-order valence-electron chi connectivity index (χ3n) is 4.08. The first-order chi connectivity index (χ1) is 10.2. The Bertz CT molecular complexity index is 453. The van der Waals surface area contributed by atoms with Crippen LogP contribution in [-0.4, -0.2) is 34.6 Å². The fourth-order valence-electron chi connectivity index (χ4n) is 2.91. The molecule has 1 aromatic rings. The Balaban J connectivity index is 1.80. The van der Waals surface area contributed by atoms with Crippen molar-refractivity contribution in [1.82, 2.24) is 15.2 Å². The summed E-state index contributed by atoms with van der Waals surface area (Å²) in [4.78, 5) is 4.36. The van der Waals surface area contributed by atoms with Crippen LogP contribution in [0.1, 0.15) is 38.3 Å². The summed E-state index contributed by atoms with van der Waals surface area (Å²) < 4.78 is 2.13. The Morgan fingerprint density at radius 1 is 1.48 bits per heavy atom. The first kappa shape index (κ1) is 16.3. The predicted molar refractivity (Wildman–Crippen MR) is 92.9 cm³/mol. The Kier molecular flexibility index (Phi) is 6.49. The van der Waals surface area contributed by atoms with E-state index < -0.39 is 0 Å². The van der Waals surface area contributed by atoms with Crippen LogP contribution < -0.4 is 10.6 Å². The number of aliphatic imine (C=N–C) groups is 1. The highest BCUT2D eigenvalue weighted by atomic mass is 32.2. The molecule has 0 aromatic carbocycles. The summed E-state index contributed by atoms with van der Waals surface area (Å²) in [6, 6.07) is 4.76. The van der Waals surface area contributed by atoms with Gasteiger partial charge in [-0.2, -0.15) is 11.8 Å². The molecule has 2 unspecified atom stereocenters. The molecule has 0 saturated heterocycles. The molecule has 21 heavy (non-hydrogen) atoms. The van der Waals surface area contributed by atoms with Crippen molar-refractivity contribution in [2.45, 2.75) is 50.4 Å². The summed E-state index contributed by atoms with van der Waals surface area (Å²) in [6.07, 6.45) is 7.27. The third-order valence-corrected chi connectivity index (χ3v) is 5.31. The van der Waals surface area contributed by atoms with Crippen LogP contribution in [0.3, 0.4) is 0 Å². The molecule has 1 aliphatic carbocycles. The lowest BCUT2D eigenvalue weighted by Gasteiger charge is -2.30. The molecule has 0 amide bonds. The Labute approximate surface area is 132 Å². The van der Waals surface area contributed by atoms with Gasteiger partial charge in [-0.3, -0.25) is 4.99 Å². The molecule has 5 heteroatoms. The normalized spacial score (nSPS) is 23.1. The molecular formula is C16H28N4S. The molecular weight excluding hydrogens is 280 g/mol. The smallest absolute Gasteiger partial charge is 0.191 e. The molecule has 0 spiro atoms. The van der Waals surface area contributed by atoms with Crippen LogP contribution in [0.2, 0.25) is 0 Å². The summed E-state index contributed by atoms with van der Waals surface area (Å²) in [7, 11) is 3.92. The standard InChI is InChI=1S/C16H28N4S/c1-4-21-15-9-5-7-13(11-15)19-16(17-2)18-12-14-8-6-10-20(14)3/h6,8,10,13,15H,4-5,7,9,11-12H2,1-3H3,(H2,17,18,19). The monoisotopic (exact) mass is 308 g/mol. The van der Waals surface area contributed by atoms with Gasteiger partial charge in [-0.05, 0) is 37.1 Å². The van der Waals surface area contributed by atoms with Crippen molar-refractivity contribution in [2.24, 2.45) is 12.0 Å². The van der Waals surface area contributed by atoms with Gasteiger partial charge in [0.25, 0.3) is 0 Å². The highest BCUT2D eigenvalue weighted by Gasteiger charge is 2.22. The number of aryl methyl sites for hydroxylation is 1. The summed E-state index contributed by atoms with van der Waals surface area (Å²) in [5.41, 5.74) is 1.26. The zero-order chi connectivity index (χ0) is 15.1. The molecule has 1 aliphatic rings. The van der Waals surface area contributed by atoms with Crippen LogP contribution >= 0.6 is 11.8 Å². The first-order valence-corrected chi connectivity index (χ1v) is 8.96. The molecule has 118 valence electrons. The molecule has 2 N–H and O–H groups in total. The van der Waals surface area contributed by atoms with Gasteiger partial charge in [0.1, 0.15) is 0 Å². The van der Waals surface area contributed by atoms with Crippen molar-refractivity contribution in [3.63, 3.8) is 0 Å². The Morgan fingerprint density at radius 2 is 2.33 bits per heavy atom. The molecule has 0 aliphatic heterocycles. The van der Waals surface area contributed by atoms with Gasteiger partial charge in [0.2, 0.25) is 0 Å². The zero-order valence-electron chi connectivity index (χ0n) is 13.4. The predicted octanol–water partition coefficient (Wildman–Crippen LogP) is 2.75. The van der Waals surface area contributed by atoms with Crippen LogP contribution in [0.5, 0.6) is 0 Å². The van der Waals surface area contributed by atoms with E-state index in [1.165, 1.54) is 37.1 Å². The highest BCUT2D eigenvalue weighted by molar-refractivity contribution is 7.99. The van der Waals surface area contributed by atoms with E-state index in [1.54, 1.807) is 0 Å². The lowest BCUT2D eigenvalue weighted by molar-refractivity contribution is 0.418. The van der Waals surface area contributed by atoms with Gasteiger partial charge in [0.15, 0.2) is 5.96 Å². The third kappa shape index (κ3) is 4.99. The first-order valence-electron chi connectivity index (χ1n) is 7.92. The van der Waals surface area contributed by atoms with E-state index >= 15 is 0 Å². The minimum atomic E-state index is 0.558. The van der Waals surface area contributed by atoms with Crippen molar-refractivity contribution >= 4 is 17.7 Å². The quantitative estimate of drug-likeness (QED) is 0.649. The van der Waals surface area contributed by atoms with Crippen LogP contribution in [0, 0.1) is 0 Å². The number of hydrogen-bond donors (Lipinski definition) is 2. The number of nitrogens with zero attached hydrogens (tertiary/aromatic N) is 2. The molecule has 1 fully saturated rings. The second-order valence-electron chi connectivity index (χ2n) is 5.62. The van der Waals surface area contributed by atoms with Crippen molar-refractivity contribution < 1.29 is 0 Å². The molecule has 1 saturated carbocycles. The topological polar surface area (TPSA) is 41.4 Å². The number of aromatic nitrogens is 1. The van der Waals surface area contributed by atoms with Crippen molar-refractivity contribution in [3.05, 3.63) is 24.0 Å². The SMILES string of the molecule is CCSC1CCCC(NC(=NC)NCc2cccn2C)C1. The van der Waals surface area contributed by atoms with E-state index in [0.717, 1.165) is 17.8 Å². The molecule has 2 rings (SSSR count). The van der Waals surface area contributed by atoms with Crippen molar-refractivity contribution in [1.29, 1.82) is 0 Å². The fraction of sp³-hybridized carbons (Fsp3) is 0.688. The van der Waals surface area contributed by atoms with Gasteiger partial charge in [0, 0.05) is 37.3 Å². The second kappa shape index (κ2) is 8.37. The van der Waals surface area contributed by atoms with Crippen LogP contribution in [-0.2, 0) is 13.6 Å². The van der Waals surface area contributed by atoms with Crippen LogP contribution in [0.25, 0.3) is 0 Å². The van der Waals surface area contributed by atoms with Crippen LogP contribution in [0.4, 0.5) is 0 Å². The number of nitrogens with one attached hydrogen (secondary N) is 2. The van der Waals surface area contributed by atoms with Crippen molar-refractivity contribution in [2.75, 3.05) is 12.8 Å². The minimum absolute atomic E-state index is 0.558. The molecule has 1 aromatic heterocycles. The van der Waals surface area contributed by atoms with Crippen LogP contribution in [0.15, 0.2) is 23.3 Å². The molecule has 4 nitrogen and oxygen atoms in total. The maximum absolute atomic E-state index is 4.36. The number of thioether (sulfide) groups is 1. The average molecular weight is 308 g/mol. The number of rotatable bonds is 5. The van der Waals surface area contributed by atoms with Gasteiger partial charge in [-0.1, -0.05) is 13.3 Å². The number of guanidine groups is 1. The van der Waals surface area contributed by atoms with E-state index in [1.807, 2.05) is 7.05 Å². The molecule has 2 atom stereocenters. The summed E-state index contributed by atoms with van der Waals surface area (Å²) in [6.45, 7) is 3.06. The fourth-order valence-corrected chi connectivity index (χ4v) is 4.08. The van der Waals surface area contributed by atoms with E-state index in [2.05, 4.69) is 64.3 Å². The van der Waals surface area contributed by atoms with E-state index in [9.17, 15) is 0 Å². The lowest BCUT2D eigenvalue weighted by Crippen LogP contribution is -2.45. The van der Waals surface area contributed by atoms with Gasteiger partial charge in [-0.15, -0.1) is 0 Å². The number of hydrogen-bond acceptors (Lipinski definition) is 2. The molecule has 0 radical (unpaired) electrons. The van der Waals surface area contributed by atoms with E-state index in [0.29, 0.717) is 6.04 Å². The summed E-state index contributed by atoms with van der Waals surface area (Å²) in [5.74, 6) is 2.14. The highest BCUT2D eigenvalue weighted by Crippen LogP contribution is 2.28. The van der Waals surface area contributed by atoms with Gasteiger partial charge in [0.05, 0.1) is 6.54 Å². The molecule has 0 bridgehead atoms. The zero-order valence-corrected chi connectivity index (χ0v) is 14.2. The minimum Gasteiger partial charge on any atom is -0.354 e. The van der Waals surface area contributed by atoms with Gasteiger partial charge < -0.3 is 15.2 Å². The molecule has 1 heterocycles. The Morgan fingerprint density at radius 3 is 3.00 bits per heavy atom. The van der Waals surface area contributed by atoms with Crippen molar-refractivity contribution in [3.8, 4) is 0 Å². The maximum atomic E-state index is 4.36. The average Bonchev–Trinajstić information content (AvgIpc) is 2.89. The second-order valence-corrected chi connectivity index (χ2v) is 7.20.